The Bertz CT molecular complexity index is 303. The van der Waals surface area contributed by atoms with Gasteiger partial charge in [0.1, 0.15) is 0 Å². The molecule has 1 aliphatic heterocycles. The molecule has 1 amide bonds. The van der Waals surface area contributed by atoms with E-state index in [2.05, 4.69) is 5.32 Å². The summed E-state index contributed by atoms with van der Waals surface area (Å²) in [6.07, 6.45) is 5.64. The third-order valence-electron chi connectivity index (χ3n) is 4.78. The highest BCUT2D eigenvalue weighted by Crippen LogP contribution is 2.31. The summed E-state index contributed by atoms with van der Waals surface area (Å²) < 4.78 is 5.33. The summed E-state index contributed by atoms with van der Waals surface area (Å²) in [6.45, 7) is 1.75. The van der Waals surface area contributed by atoms with Crippen LogP contribution < -0.4 is 11.1 Å². The van der Waals surface area contributed by atoms with Gasteiger partial charge in [-0.3, -0.25) is 4.79 Å². The molecule has 0 aromatic heterocycles. The van der Waals surface area contributed by atoms with Gasteiger partial charge in [0.2, 0.25) is 5.91 Å². The molecule has 0 aromatic rings. The minimum Gasteiger partial charge on any atom is -0.396 e. The van der Waals surface area contributed by atoms with Crippen molar-refractivity contribution in [3.05, 3.63) is 0 Å². The number of aliphatic hydroxyl groups is 1. The molecule has 2 fully saturated rings. The van der Waals surface area contributed by atoms with Crippen LogP contribution in [0.3, 0.4) is 0 Å². The third-order valence-corrected chi connectivity index (χ3v) is 4.78. The summed E-state index contributed by atoms with van der Waals surface area (Å²) in [5, 5.41) is 12.6. The predicted molar refractivity (Wildman–Crippen MR) is 72.5 cm³/mol. The largest absolute Gasteiger partial charge is 0.396 e. The Balaban J connectivity index is 1.98. The number of ether oxygens (including phenoxy) is 1. The fourth-order valence-corrected chi connectivity index (χ4v) is 3.22. The Morgan fingerprint density at radius 2 is 2.00 bits per heavy atom. The van der Waals surface area contributed by atoms with Crippen molar-refractivity contribution >= 4 is 5.91 Å². The summed E-state index contributed by atoms with van der Waals surface area (Å²) in [5.41, 5.74) is 5.38. The number of nitrogens with two attached hydrogens (primary N) is 1. The van der Waals surface area contributed by atoms with Gasteiger partial charge in [0.25, 0.3) is 0 Å². The molecular formula is C14H26N2O3. The molecule has 1 aliphatic carbocycles. The summed E-state index contributed by atoms with van der Waals surface area (Å²) in [4.78, 5) is 12.6. The van der Waals surface area contributed by atoms with Crippen LogP contribution in [0.2, 0.25) is 0 Å². The van der Waals surface area contributed by atoms with Crippen LogP contribution >= 0.6 is 0 Å². The molecule has 1 heterocycles. The Labute approximate surface area is 114 Å². The molecule has 0 spiro atoms. The Morgan fingerprint density at radius 1 is 1.32 bits per heavy atom. The lowest BCUT2D eigenvalue weighted by Gasteiger charge is -2.38. The van der Waals surface area contributed by atoms with Crippen molar-refractivity contribution in [2.24, 2.45) is 17.1 Å². The monoisotopic (exact) mass is 270 g/mol. The van der Waals surface area contributed by atoms with E-state index >= 15 is 0 Å². The number of aliphatic hydroxyl groups excluding tert-OH is 1. The van der Waals surface area contributed by atoms with E-state index in [1.807, 2.05) is 0 Å². The zero-order valence-corrected chi connectivity index (χ0v) is 11.6. The van der Waals surface area contributed by atoms with E-state index in [4.69, 9.17) is 10.5 Å². The molecule has 5 nitrogen and oxygen atoms in total. The van der Waals surface area contributed by atoms with Crippen LogP contribution in [-0.2, 0) is 9.53 Å². The van der Waals surface area contributed by atoms with Gasteiger partial charge in [0.05, 0.1) is 5.41 Å². The van der Waals surface area contributed by atoms with Crippen molar-refractivity contribution in [3.8, 4) is 0 Å². The lowest BCUT2D eigenvalue weighted by Crippen LogP contribution is -2.54. The van der Waals surface area contributed by atoms with Gasteiger partial charge in [-0.25, -0.2) is 0 Å². The maximum atomic E-state index is 12.6. The minimum absolute atomic E-state index is 0.0589. The maximum Gasteiger partial charge on any atom is 0.227 e. The van der Waals surface area contributed by atoms with Crippen molar-refractivity contribution in [2.75, 3.05) is 26.4 Å². The van der Waals surface area contributed by atoms with Crippen LogP contribution in [0.1, 0.15) is 38.5 Å². The lowest BCUT2D eigenvalue weighted by atomic mass is 9.78. The molecular weight excluding hydrogens is 244 g/mol. The number of amides is 1. The third kappa shape index (κ3) is 3.27. The minimum atomic E-state index is -0.463. The number of rotatable bonds is 4. The van der Waals surface area contributed by atoms with Crippen LogP contribution in [0.25, 0.3) is 0 Å². The molecule has 5 heteroatoms. The molecule has 0 bridgehead atoms. The number of carbonyl (C=O) groups excluding carboxylic acids is 1. The molecule has 2 atom stereocenters. The first kappa shape index (κ1) is 14.8. The van der Waals surface area contributed by atoms with E-state index in [1.165, 1.54) is 0 Å². The maximum absolute atomic E-state index is 12.6. The summed E-state index contributed by atoms with van der Waals surface area (Å²) >= 11 is 0. The van der Waals surface area contributed by atoms with E-state index in [9.17, 15) is 9.90 Å². The van der Waals surface area contributed by atoms with Crippen molar-refractivity contribution < 1.29 is 14.6 Å². The number of hydrogen-bond donors (Lipinski definition) is 3. The highest BCUT2D eigenvalue weighted by molar-refractivity contribution is 5.83. The molecule has 19 heavy (non-hydrogen) atoms. The molecule has 0 radical (unpaired) electrons. The molecule has 2 unspecified atom stereocenters. The normalized spacial score (nSPS) is 30.8. The summed E-state index contributed by atoms with van der Waals surface area (Å²) in [6, 6.07) is 0.109. The Morgan fingerprint density at radius 3 is 2.63 bits per heavy atom. The van der Waals surface area contributed by atoms with Crippen molar-refractivity contribution in [1.29, 1.82) is 0 Å². The van der Waals surface area contributed by atoms with Gasteiger partial charge in [-0.1, -0.05) is 12.8 Å². The summed E-state index contributed by atoms with van der Waals surface area (Å²) in [5.74, 6) is 0.260. The van der Waals surface area contributed by atoms with Crippen molar-refractivity contribution in [2.45, 2.75) is 44.6 Å². The van der Waals surface area contributed by atoms with Crippen LogP contribution in [-0.4, -0.2) is 43.4 Å². The van der Waals surface area contributed by atoms with Gasteiger partial charge in [-0.15, -0.1) is 0 Å². The fraction of sp³-hybridized carbons (Fsp3) is 0.929. The zero-order valence-electron chi connectivity index (χ0n) is 11.6. The van der Waals surface area contributed by atoms with E-state index in [1.54, 1.807) is 0 Å². The van der Waals surface area contributed by atoms with Crippen LogP contribution in [0.5, 0.6) is 0 Å². The second kappa shape index (κ2) is 6.68. The molecule has 110 valence electrons. The lowest BCUT2D eigenvalue weighted by molar-refractivity contribution is -0.137. The predicted octanol–water partition coefficient (Wildman–Crippen LogP) is 0.409. The molecule has 2 rings (SSSR count). The first-order valence-corrected chi connectivity index (χ1v) is 7.41. The second-order valence-electron chi connectivity index (χ2n) is 5.90. The molecule has 0 aromatic carbocycles. The van der Waals surface area contributed by atoms with E-state index < -0.39 is 5.41 Å². The van der Waals surface area contributed by atoms with Crippen LogP contribution in [0.4, 0.5) is 0 Å². The van der Waals surface area contributed by atoms with E-state index in [0.29, 0.717) is 32.6 Å². The standard InChI is InChI=1S/C14H26N2O3/c15-10-14(5-7-19-8-6-14)13(18)16-12-4-2-1-3-11(12)9-17/h11-12,17H,1-10,15H2,(H,16,18). The van der Waals surface area contributed by atoms with Crippen LogP contribution in [0, 0.1) is 11.3 Å². The van der Waals surface area contributed by atoms with E-state index in [0.717, 1.165) is 25.7 Å². The quantitative estimate of drug-likeness (QED) is 0.691. The first-order valence-electron chi connectivity index (χ1n) is 7.41. The SMILES string of the molecule is NCC1(C(=O)NC2CCCCC2CO)CCOCC1. The average Bonchev–Trinajstić information content (AvgIpc) is 2.48. The van der Waals surface area contributed by atoms with Crippen LogP contribution in [0.15, 0.2) is 0 Å². The number of nitrogens with one attached hydrogen (secondary N) is 1. The average molecular weight is 270 g/mol. The van der Waals surface area contributed by atoms with Gasteiger partial charge in [-0.2, -0.15) is 0 Å². The number of carbonyl (C=O) groups is 1. The van der Waals surface area contributed by atoms with Gasteiger partial charge >= 0.3 is 0 Å². The van der Waals surface area contributed by atoms with Gasteiger partial charge in [0, 0.05) is 38.3 Å². The topological polar surface area (TPSA) is 84.6 Å². The Kier molecular flexibility index (Phi) is 5.19. The van der Waals surface area contributed by atoms with Crippen molar-refractivity contribution in [3.63, 3.8) is 0 Å². The molecule has 2 aliphatic rings. The highest BCUT2D eigenvalue weighted by atomic mass is 16.5. The smallest absolute Gasteiger partial charge is 0.227 e. The number of hydrogen-bond acceptors (Lipinski definition) is 4. The zero-order chi connectivity index (χ0) is 13.7. The summed E-state index contributed by atoms with van der Waals surface area (Å²) in [7, 11) is 0. The van der Waals surface area contributed by atoms with Gasteiger partial charge in [-0.05, 0) is 25.7 Å². The highest BCUT2D eigenvalue weighted by Gasteiger charge is 2.40. The molecule has 4 N–H and O–H groups in total. The van der Waals surface area contributed by atoms with E-state index in [-0.39, 0.29) is 24.5 Å². The molecule has 1 saturated carbocycles. The second-order valence-corrected chi connectivity index (χ2v) is 5.90. The fourth-order valence-electron chi connectivity index (χ4n) is 3.22. The first-order chi connectivity index (χ1) is 9.22. The Hall–Kier alpha value is -0.650. The molecule has 1 saturated heterocycles. The van der Waals surface area contributed by atoms with Gasteiger partial charge < -0.3 is 20.9 Å². The van der Waals surface area contributed by atoms with Crippen molar-refractivity contribution in [1.82, 2.24) is 5.32 Å². The van der Waals surface area contributed by atoms with Gasteiger partial charge in [0.15, 0.2) is 0 Å².